The first-order chi connectivity index (χ1) is 8.53. The highest BCUT2D eigenvalue weighted by Crippen LogP contribution is 2.17. The van der Waals surface area contributed by atoms with Crippen molar-refractivity contribution in [2.75, 3.05) is 16.3 Å². The van der Waals surface area contributed by atoms with Crippen LogP contribution in [0.3, 0.4) is 0 Å². The molecular formula is C11H13N3O2S2. The van der Waals surface area contributed by atoms with Crippen LogP contribution in [0.5, 0.6) is 0 Å². The van der Waals surface area contributed by atoms with Gasteiger partial charge in [-0.1, -0.05) is 6.07 Å². The highest BCUT2D eigenvalue weighted by molar-refractivity contribution is 7.92. The average molecular weight is 283 g/mol. The summed E-state index contributed by atoms with van der Waals surface area (Å²) in [7, 11) is -3.24. The summed E-state index contributed by atoms with van der Waals surface area (Å²) in [6, 6.07) is 7.14. The molecule has 0 aliphatic heterocycles. The number of anilines is 2. The van der Waals surface area contributed by atoms with Gasteiger partial charge in [-0.3, -0.25) is 9.71 Å². The molecule has 2 aromatic rings. The van der Waals surface area contributed by atoms with E-state index in [0.29, 0.717) is 12.2 Å². The van der Waals surface area contributed by atoms with E-state index in [1.165, 1.54) is 0 Å². The van der Waals surface area contributed by atoms with Gasteiger partial charge in [0, 0.05) is 16.8 Å². The van der Waals surface area contributed by atoms with Crippen LogP contribution in [0, 0.1) is 0 Å². The van der Waals surface area contributed by atoms with Gasteiger partial charge in [0.15, 0.2) is 0 Å². The Kier molecular flexibility index (Phi) is 3.83. The molecule has 5 nitrogen and oxygen atoms in total. The summed E-state index contributed by atoms with van der Waals surface area (Å²) in [6.45, 7) is 0.674. The van der Waals surface area contributed by atoms with Gasteiger partial charge < -0.3 is 5.32 Å². The van der Waals surface area contributed by atoms with Crippen LogP contribution in [0.2, 0.25) is 0 Å². The fraction of sp³-hybridized carbons (Fsp3) is 0.182. The van der Waals surface area contributed by atoms with Crippen molar-refractivity contribution in [3.05, 3.63) is 40.8 Å². The van der Waals surface area contributed by atoms with Gasteiger partial charge >= 0.3 is 0 Å². The number of sulfonamides is 1. The highest BCUT2D eigenvalue weighted by Gasteiger charge is 2.02. The summed E-state index contributed by atoms with van der Waals surface area (Å²) in [5.41, 5.74) is 3.18. The third-order valence-corrected chi connectivity index (χ3v) is 3.50. The number of aromatic nitrogens is 1. The summed E-state index contributed by atoms with van der Waals surface area (Å²) in [5, 5.41) is 3.21. The first-order valence-corrected chi connectivity index (χ1v) is 7.99. The van der Waals surface area contributed by atoms with Crippen molar-refractivity contribution in [2.24, 2.45) is 0 Å². The van der Waals surface area contributed by atoms with E-state index in [1.807, 2.05) is 6.07 Å². The van der Waals surface area contributed by atoms with E-state index >= 15 is 0 Å². The molecule has 0 saturated heterocycles. The van der Waals surface area contributed by atoms with Gasteiger partial charge in [-0.05, 0) is 18.2 Å². The number of rotatable bonds is 5. The second-order valence-corrected chi connectivity index (χ2v) is 6.50. The molecule has 18 heavy (non-hydrogen) atoms. The largest absolute Gasteiger partial charge is 0.380 e. The van der Waals surface area contributed by atoms with Crippen LogP contribution in [-0.4, -0.2) is 19.7 Å². The molecule has 0 aliphatic rings. The zero-order valence-electron chi connectivity index (χ0n) is 9.75. The lowest BCUT2D eigenvalue weighted by molar-refractivity contribution is 0.607. The third kappa shape index (κ3) is 4.01. The number of benzene rings is 1. The molecule has 0 aliphatic carbocycles. The van der Waals surface area contributed by atoms with Crippen molar-refractivity contribution in [1.82, 2.24) is 4.98 Å². The van der Waals surface area contributed by atoms with E-state index in [4.69, 9.17) is 0 Å². The smallest absolute Gasteiger partial charge is 0.229 e. The number of hydrogen-bond acceptors (Lipinski definition) is 5. The normalized spacial score (nSPS) is 11.2. The van der Waals surface area contributed by atoms with Crippen molar-refractivity contribution in [2.45, 2.75) is 6.54 Å². The minimum atomic E-state index is -3.24. The quantitative estimate of drug-likeness (QED) is 0.882. The van der Waals surface area contributed by atoms with Crippen molar-refractivity contribution < 1.29 is 8.42 Å². The Bertz CT molecular complexity index is 609. The Labute approximate surface area is 110 Å². The van der Waals surface area contributed by atoms with Crippen LogP contribution in [0.25, 0.3) is 0 Å². The maximum absolute atomic E-state index is 11.1. The molecule has 7 heteroatoms. The molecule has 0 atom stereocenters. The van der Waals surface area contributed by atoms with Crippen LogP contribution in [-0.2, 0) is 16.6 Å². The fourth-order valence-electron chi connectivity index (χ4n) is 1.43. The SMILES string of the molecule is CS(=O)(=O)Nc1cccc(NCc2cncs2)c1. The van der Waals surface area contributed by atoms with Crippen molar-refractivity contribution in [3.63, 3.8) is 0 Å². The zero-order valence-corrected chi connectivity index (χ0v) is 11.4. The van der Waals surface area contributed by atoms with E-state index in [0.717, 1.165) is 16.8 Å². The molecule has 1 heterocycles. The van der Waals surface area contributed by atoms with Gasteiger partial charge in [-0.2, -0.15) is 0 Å². The van der Waals surface area contributed by atoms with E-state index < -0.39 is 10.0 Å². The minimum Gasteiger partial charge on any atom is -0.380 e. The summed E-state index contributed by atoms with van der Waals surface area (Å²) in [5.74, 6) is 0. The molecule has 0 spiro atoms. The first-order valence-electron chi connectivity index (χ1n) is 5.22. The Morgan fingerprint density at radius 1 is 1.33 bits per heavy atom. The molecule has 0 radical (unpaired) electrons. The van der Waals surface area contributed by atoms with Gasteiger partial charge in [0.1, 0.15) is 0 Å². The van der Waals surface area contributed by atoms with E-state index in [2.05, 4.69) is 15.0 Å². The van der Waals surface area contributed by atoms with E-state index in [1.54, 1.807) is 41.2 Å². The second-order valence-electron chi connectivity index (χ2n) is 3.78. The molecule has 1 aromatic carbocycles. The van der Waals surface area contributed by atoms with Crippen molar-refractivity contribution in [3.8, 4) is 0 Å². The van der Waals surface area contributed by atoms with Gasteiger partial charge in [0.2, 0.25) is 10.0 Å². The minimum absolute atomic E-state index is 0.548. The monoisotopic (exact) mass is 283 g/mol. The molecule has 2 N–H and O–H groups in total. The fourth-order valence-corrected chi connectivity index (χ4v) is 2.51. The van der Waals surface area contributed by atoms with Gasteiger partial charge in [-0.25, -0.2) is 8.42 Å². The van der Waals surface area contributed by atoms with Gasteiger partial charge in [-0.15, -0.1) is 11.3 Å². The van der Waals surface area contributed by atoms with Crippen LogP contribution >= 0.6 is 11.3 Å². The molecule has 0 fully saturated rings. The van der Waals surface area contributed by atoms with Crippen LogP contribution in [0.1, 0.15) is 4.88 Å². The molecule has 2 rings (SSSR count). The number of nitrogens with zero attached hydrogens (tertiary/aromatic N) is 1. The maximum atomic E-state index is 11.1. The summed E-state index contributed by atoms with van der Waals surface area (Å²) < 4.78 is 24.7. The summed E-state index contributed by atoms with van der Waals surface area (Å²) in [6.07, 6.45) is 2.93. The third-order valence-electron chi connectivity index (χ3n) is 2.12. The van der Waals surface area contributed by atoms with Gasteiger partial charge in [0.25, 0.3) is 0 Å². The molecular weight excluding hydrogens is 270 g/mol. The lowest BCUT2D eigenvalue weighted by atomic mass is 10.3. The second kappa shape index (κ2) is 5.36. The standard InChI is InChI=1S/C11H13N3O2S2/c1-18(15,16)14-10-4-2-3-9(5-10)13-7-11-6-12-8-17-11/h2-6,8,13-14H,7H2,1H3. The van der Waals surface area contributed by atoms with Crippen molar-refractivity contribution in [1.29, 1.82) is 0 Å². The van der Waals surface area contributed by atoms with Crippen LogP contribution < -0.4 is 10.0 Å². The van der Waals surface area contributed by atoms with Crippen molar-refractivity contribution >= 4 is 32.7 Å². The number of hydrogen-bond donors (Lipinski definition) is 2. The number of nitrogens with one attached hydrogen (secondary N) is 2. The first kappa shape index (κ1) is 12.8. The predicted molar refractivity (Wildman–Crippen MR) is 74.3 cm³/mol. The zero-order chi connectivity index (χ0) is 13.0. The Hall–Kier alpha value is -1.60. The molecule has 1 aromatic heterocycles. The average Bonchev–Trinajstić information content (AvgIpc) is 2.77. The molecule has 0 amide bonds. The maximum Gasteiger partial charge on any atom is 0.229 e. The molecule has 96 valence electrons. The van der Waals surface area contributed by atoms with E-state index in [9.17, 15) is 8.42 Å². The highest BCUT2D eigenvalue weighted by atomic mass is 32.2. The Balaban J connectivity index is 2.03. The van der Waals surface area contributed by atoms with Gasteiger partial charge in [0.05, 0.1) is 24.0 Å². The van der Waals surface area contributed by atoms with E-state index in [-0.39, 0.29) is 0 Å². The predicted octanol–water partition coefficient (Wildman–Crippen LogP) is 2.13. The molecule has 0 bridgehead atoms. The Morgan fingerprint density at radius 3 is 2.78 bits per heavy atom. The van der Waals surface area contributed by atoms with Crippen LogP contribution in [0.15, 0.2) is 36.0 Å². The summed E-state index contributed by atoms with van der Waals surface area (Å²) >= 11 is 1.57. The lowest BCUT2D eigenvalue weighted by Gasteiger charge is -2.08. The molecule has 0 saturated carbocycles. The number of thiazole rings is 1. The Morgan fingerprint density at radius 2 is 2.11 bits per heavy atom. The molecule has 0 unspecified atom stereocenters. The summed E-state index contributed by atoms with van der Waals surface area (Å²) in [4.78, 5) is 5.11. The topological polar surface area (TPSA) is 71.1 Å². The lowest BCUT2D eigenvalue weighted by Crippen LogP contribution is -2.09. The van der Waals surface area contributed by atoms with Crippen LogP contribution in [0.4, 0.5) is 11.4 Å².